The number of aromatic nitrogens is 2. The predicted octanol–water partition coefficient (Wildman–Crippen LogP) is 0.723. The van der Waals surface area contributed by atoms with Gasteiger partial charge in [0.15, 0.2) is 0 Å². The van der Waals surface area contributed by atoms with Gasteiger partial charge < -0.3 is 5.73 Å². The molecule has 4 nitrogen and oxygen atoms in total. The Balaban J connectivity index is 2.65. The molecule has 1 aliphatic heterocycles. The Morgan fingerprint density at radius 3 is 3.23 bits per heavy atom. The van der Waals surface area contributed by atoms with E-state index in [-0.39, 0.29) is 17.3 Å². The number of hydrogen-bond acceptors (Lipinski definition) is 3. The Labute approximate surface area is 76.4 Å². The average molecular weight is 179 g/mol. The van der Waals surface area contributed by atoms with Gasteiger partial charge in [0.1, 0.15) is 11.5 Å². The van der Waals surface area contributed by atoms with Crippen molar-refractivity contribution in [1.82, 2.24) is 9.55 Å². The van der Waals surface area contributed by atoms with E-state index in [1.54, 1.807) is 4.57 Å². The lowest BCUT2D eigenvalue weighted by Gasteiger charge is -2.23. The van der Waals surface area contributed by atoms with Crippen molar-refractivity contribution in [3.63, 3.8) is 0 Å². The van der Waals surface area contributed by atoms with Crippen LogP contribution in [0.1, 0.15) is 31.6 Å². The van der Waals surface area contributed by atoms with Crippen LogP contribution in [0.15, 0.2) is 11.0 Å². The van der Waals surface area contributed by atoms with Gasteiger partial charge in [0.05, 0.1) is 6.20 Å². The molecule has 0 amide bonds. The van der Waals surface area contributed by atoms with Crippen LogP contribution >= 0.6 is 0 Å². The summed E-state index contributed by atoms with van der Waals surface area (Å²) in [5.41, 5.74) is 5.67. The third-order valence-electron chi connectivity index (χ3n) is 2.56. The number of anilines is 1. The number of nitrogens with zero attached hydrogens (tertiary/aromatic N) is 2. The molecule has 0 aromatic carbocycles. The predicted molar refractivity (Wildman–Crippen MR) is 50.6 cm³/mol. The van der Waals surface area contributed by atoms with Crippen molar-refractivity contribution in [2.24, 2.45) is 0 Å². The first-order valence-electron chi connectivity index (χ1n) is 4.56. The first kappa shape index (κ1) is 8.29. The van der Waals surface area contributed by atoms with Crippen molar-refractivity contribution >= 4 is 5.69 Å². The summed E-state index contributed by atoms with van der Waals surface area (Å²) in [6.45, 7) is 2.03. The Morgan fingerprint density at radius 1 is 1.69 bits per heavy atom. The largest absolute Gasteiger partial charge is 0.393 e. The summed E-state index contributed by atoms with van der Waals surface area (Å²) in [4.78, 5) is 15.8. The van der Waals surface area contributed by atoms with Gasteiger partial charge >= 0.3 is 0 Å². The fourth-order valence-corrected chi connectivity index (χ4v) is 1.84. The molecule has 1 aromatic heterocycles. The lowest BCUT2D eigenvalue weighted by Crippen LogP contribution is -2.32. The maximum atomic E-state index is 11.6. The van der Waals surface area contributed by atoms with Gasteiger partial charge in [0.25, 0.3) is 5.56 Å². The van der Waals surface area contributed by atoms with E-state index < -0.39 is 0 Å². The summed E-state index contributed by atoms with van der Waals surface area (Å²) < 4.78 is 1.72. The SMILES string of the molecule is CC1CCCc2ncc(N)c(=O)n21. The van der Waals surface area contributed by atoms with E-state index in [2.05, 4.69) is 4.98 Å². The van der Waals surface area contributed by atoms with Crippen LogP contribution in [0, 0.1) is 0 Å². The molecule has 0 aliphatic carbocycles. The van der Waals surface area contributed by atoms with Gasteiger partial charge in [-0.1, -0.05) is 0 Å². The lowest BCUT2D eigenvalue weighted by molar-refractivity contribution is 0.406. The number of nitrogen functional groups attached to an aromatic ring is 1. The number of rotatable bonds is 0. The molecule has 0 fully saturated rings. The van der Waals surface area contributed by atoms with E-state index in [4.69, 9.17) is 5.73 Å². The normalized spacial score (nSPS) is 21.2. The van der Waals surface area contributed by atoms with Crippen molar-refractivity contribution in [2.45, 2.75) is 32.2 Å². The summed E-state index contributed by atoms with van der Waals surface area (Å²) in [5.74, 6) is 0.873. The van der Waals surface area contributed by atoms with E-state index in [9.17, 15) is 4.79 Å². The van der Waals surface area contributed by atoms with Gasteiger partial charge in [0.2, 0.25) is 0 Å². The Kier molecular flexibility index (Phi) is 1.83. The molecule has 0 radical (unpaired) electrons. The van der Waals surface area contributed by atoms with Crippen LogP contribution < -0.4 is 11.3 Å². The summed E-state index contributed by atoms with van der Waals surface area (Å²) in [6, 6.07) is 0.243. The molecular weight excluding hydrogens is 166 g/mol. The smallest absolute Gasteiger partial charge is 0.276 e. The van der Waals surface area contributed by atoms with Gasteiger partial charge in [-0.05, 0) is 19.8 Å². The van der Waals surface area contributed by atoms with Crippen molar-refractivity contribution in [2.75, 3.05) is 5.73 Å². The minimum Gasteiger partial charge on any atom is -0.393 e. The fraction of sp³-hybridized carbons (Fsp3) is 0.556. The van der Waals surface area contributed by atoms with Gasteiger partial charge in [-0.2, -0.15) is 0 Å². The Bertz CT molecular complexity index is 383. The molecule has 4 heteroatoms. The number of aryl methyl sites for hydroxylation is 1. The first-order valence-corrected chi connectivity index (χ1v) is 4.56. The van der Waals surface area contributed by atoms with Crippen LogP contribution in [-0.4, -0.2) is 9.55 Å². The van der Waals surface area contributed by atoms with Gasteiger partial charge in [-0.3, -0.25) is 9.36 Å². The maximum absolute atomic E-state index is 11.6. The number of nitrogens with two attached hydrogens (primary N) is 1. The van der Waals surface area contributed by atoms with E-state index in [1.807, 2.05) is 6.92 Å². The standard InChI is InChI=1S/C9H13N3O/c1-6-3-2-4-8-11-5-7(10)9(13)12(6)8/h5-6H,2-4,10H2,1H3. The third kappa shape index (κ3) is 1.22. The van der Waals surface area contributed by atoms with Gasteiger partial charge in [0, 0.05) is 12.5 Å². The zero-order valence-corrected chi connectivity index (χ0v) is 7.66. The monoisotopic (exact) mass is 179 g/mol. The highest BCUT2D eigenvalue weighted by atomic mass is 16.1. The molecule has 1 aliphatic rings. The highest BCUT2D eigenvalue weighted by Gasteiger charge is 2.18. The lowest BCUT2D eigenvalue weighted by atomic mass is 10.1. The molecule has 0 bridgehead atoms. The van der Waals surface area contributed by atoms with E-state index in [0.29, 0.717) is 0 Å². The molecule has 2 heterocycles. The Hall–Kier alpha value is -1.32. The summed E-state index contributed by atoms with van der Waals surface area (Å²) >= 11 is 0. The van der Waals surface area contributed by atoms with Crippen LogP contribution in [0.2, 0.25) is 0 Å². The molecule has 0 spiro atoms. The van der Waals surface area contributed by atoms with Gasteiger partial charge in [-0.25, -0.2) is 4.98 Å². The van der Waals surface area contributed by atoms with Gasteiger partial charge in [-0.15, -0.1) is 0 Å². The fourth-order valence-electron chi connectivity index (χ4n) is 1.84. The molecular formula is C9H13N3O. The molecule has 0 saturated carbocycles. The molecule has 1 atom stereocenters. The Morgan fingerprint density at radius 2 is 2.46 bits per heavy atom. The van der Waals surface area contributed by atoms with Crippen LogP contribution in [-0.2, 0) is 6.42 Å². The van der Waals surface area contributed by atoms with E-state index in [1.165, 1.54) is 6.20 Å². The second-order valence-corrected chi connectivity index (χ2v) is 3.55. The highest BCUT2D eigenvalue weighted by molar-refractivity contribution is 5.31. The summed E-state index contributed by atoms with van der Waals surface area (Å²) in [7, 11) is 0. The number of hydrogen-bond donors (Lipinski definition) is 1. The van der Waals surface area contributed by atoms with Crippen molar-refractivity contribution in [3.05, 3.63) is 22.4 Å². The summed E-state index contributed by atoms with van der Waals surface area (Å²) in [5, 5.41) is 0. The maximum Gasteiger partial charge on any atom is 0.276 e. The van der Waals surface area contributed by atoms with Crippen molar-refractivity contribution in [1.29, 1.82) is 0 Å². The highest BCUT2D eigenvalue weighted by Crippen LogP contribution is 2.20. The van der Waals surface area contributed by atoms with E-state index in [0.717, 1.165) is 25.1 Å². The second kappa shape index (κ2) is 2.87. The van der Waals surface area contributed by atoms with Crippen molar-refractivity contribution in [3.8, 4) is 0 Å². The molecule has 70 valence electrons. The molecule has 2 N–H and O–H groups in total. The second-order valence-electron chi connectivity index (χ2n) is 3.55. The molecule has 2 rings (SSSR count). The number of fused-ring (bicyclic) bond motifs is 1. The first-order chi connectivity index (χ1) is 6.20. The minimum absolute atomic E-state index is 0.0859. The zero-order valence-electron chi connectivity index (χ0n) is 7.66. The zero-order chi connectivity index (χ0) is 9.42. The van der Waals surface area contributed by atoms with Crippen molar-refractivity contribution < 1.29 is 0 Å². The minimum atomic E-state index is -0.0859. The topological polar surface area (TPSA) is 60.9 Å². The van der Waals surface area contributed by atoms with Crippen LogP contribution in [0.25, 0.3) is 0 Å². The quantitative estimate of drug-likeness (QED) is 0.638. The summed E-state index contributed by atoms with van der Waals surface area (Å²) in [6.07, 6.45) is 4.50. The van der Waals surface area contributed by atoms with Crippen LogP contribution in [0.4, 0.5) is 5.69 Å². The van der Waals surface area contributed by atoms with Crippen LogP contribution in [0.3, 0.4) is 0 Å². The molecule has 1 unspecified atom stereocenters. The molecule has 0 saturated heterocycles. The average Bonchev–Trinajstić information content (AvgIpc) is 2.12. The third-order valence-corrected chi connectivity index (χ3v) is 2.56. The molecule has 1 aromatic rings. The van der Waals surface area contributed by atoms with E-state index >= 15 is 0 Å². The van der Waals surface area contributed by atoms with Crippen LogP contribution in [0.5, 0.6) is 0 Å². The molecule has 13 heavy (non-hydrogen) atoms.